The van der Waals surface area contributed by atoms with E-state index in [0.29, 0.717) is 17.8 Å². The number of rotatable bonds is 7. The first kappa shape index (κ1) is 25.7. The van der Waals surface area contributed by atoms with Crippen molar-refractivity contribution in [1.82, 2.24) is 15.2 Å². The van der Waals surface area contributed by atoms with E-state index in [4.69, 9.17) is 10.6 Å². The largest absolute Gasteiger partial charge is 0.480 e. The minimum atomic E-state index is -1.06. The Morgan fingerprint density at radius 3 is 2.69 bits per heavy atom. The molecular weight excluding hydrogens is 490 g/mol. The minimum Gasteiger partial charge on any atom is -0.480 e. The topological polar surface area (TPSA) is 147 Å². The number of carboxylic acids is 1. The summed E-state index contributed by atoms with van der Waals surface area (Å²) in [5.74, 6) is -0.840. The van der Waals surface area contributed by atoms with Crippen LogP contribution < -0.4 is 11.1 Å². The number of fused-ring (bicyclic) bond motifs is 1. The summed E-state index contributed by atoms with van der Waals surface area (Å²) in [4.78, 5) is 49.4. The van der Waals surface area contributed by atoms with Crippen LogP contribution in [0.15, 0.2) is 10.5 Å². The molecule has 0 aromatic carbocycles. The Morgan fingerprint density at radius 1 is 1.37 bits per heavy atom. The van der Waals surface area contributed by atoms with E-state index in [1.165, 1.54) is 28.0 Å². The van der Waals surface area contributed by atoms with Gasteiger partial charge in [0, 0.05) is 16.0 Å². The molecule has 12 heteroatoms. The molecular formula is C23H33N5O5S2. The molecule has 0 spiro atoms. The number of aliphatic carboxylic acids is 1. The molecule has 0 unspecified atom stereocenters. The number of nitrogens with one attached hydrogen (secondary N) is 1. The van der Waals surface area contributed by atoms with E-state index in [1.54, 1.807) is 19.2 Å². The maximum absolute atomic E-state index is 13.3. The Bertz CT molecular complexity index is 1040. The van der Waals surface area contributed by atoms with Crippen LogP contribution in [0.2, 0.25) is 0 Å². The number of carbonyl (C=O) groups is 3. The van der Waals surface area contributed by atoms with Crippen LogP contribution in [0.5, 0.6) is 0 Å². The van der Waals surface area contributed by atoms with Gasteiger partial charge in [0.25, 0.3) is 5.91 Å². The van der Waals surface area contributed by atoms with Crippen molar-refractivity contribution in [3.8, 4) is 0 Å². The van der Waals surface area contributed by atoms with Crippen molar-refractivity contribution in [2.24, 2.45) is 22.9 Å². The summed E-state index contributed by atoms with van der Waals surface area (Å²) >= 11 is 2.55. The van der Waals surface area contributed by atoms with Gasteiger partial charge in [0.2, 0.25) is 5.91 Å². The van der Waals surface area contributed by atoms with Crippen LogP contribution in [0, 0.1) is 17.8 Å². The predicted molar refractivity (Wildman–Crippen MR) is 135 cm³/mol. The quantitative estimate of drug-likeness (QED) is 0.281. The van der Waals surface area contributed by atoms with Crippen molar-refractivity contribution in [3.05, 3.63) is 11.1 Å². The zero-order valence-corrected chi connectivity index (χ0v) is 22.2. The third-order valence-electron chi connectivity index (χ3n) is 7.18. The van der Waals surface area contributed by atoms with Gasteiger partial charge >= 0.3 is 5.97 Å². The lowest BCUT2D eigenvalue weighted by Crippen LogP contribution is -2.71. The molecule has 2 amide bonds. The predicted octanol–water partition coefficient (Wildman–Crippen LogP) is 2.54. The highest BCUT2D eigenvalue weighted by Gasteiger charge is 2.64. The van der Waals surface area contributed by atoms with E-state index in [9.17, 15) is 19.5 Å². The second-order valence-corrected chi connectivity index (χ2v) is 13.2. The number of thioether (sulfide) groups is 1. The Hall–Kier alpha value is -2.34. The summed E-state index contributed by atoms with van der Waals surface area (Å²) in [7, 11) is 0. The molecule has 3 heterocycles. The zero-order chi connectivity index (χ0) is 25.7. The molecule has 2 saturated heterocycles. The fourth-order valence-corrected chi connectivity index (χ4v) is 7.49. The molecule has 35 heavy (non-hydrogen) atoms. The number of amides is 2. The summed E-state index contributed by atoms with van der Waals surface area (Å²) in [5.41, 5.74) is 6.04. The van der Waals surface area contributed by atoms with Crippen molar-refractivity contribution < 1.29 is 24.3 Å². The fourth-order valence-electron chi connectivity index (χ4n) is 5.31. The Morgan fingerprint density at radius 2 is 2.09 bits per heavy atom. The summed E-state index contributed by atoms with van der Waals surface area (Å²) in [6.45, 7) is 10.1. The molecule has 4 N–H and O–H groups in total. The number of hydrogen-bond acceptors (Lipinski definition) is 9. The number of thiazole rings is 1. The Balaban J connectivity index is 1.54. The number of anilines is 1. The molecule has 1 saturated carbocycles. The van der Waals surface area contributed by atoms with E-state index >= 15 is 0 Å². The van der Waals surface area contributed by atoms with Gasteiger partial charge in [0.1, 0.15) is 29.3 Å². The molecule has 6 atom stereocenters. The Kier molecular flexibility index (Phi) is 7.07. The maximum Gasteiger partial charge on any atom is 0.327 e. The SMILES string of the molecule is CC(C)[C@H]1CC[C@H](C)C[C@H]1O/N=C(\C(=O)N[C@@H]1C(=O)N2[C@@H]1SC(C)(C)[C@@H]2C(=O)O)c1csc(N)n1. The molecule has 3 fully saturated rings. The fraction of sp³-hybridized carbons (Fsp3) is 0.696. The van der Waals surface area contributed by atoms with Crippen LogP contribution >= 0.6 is 23.1 Å². The monoisotopic (exact) mass is 523 g/mol. The second-order valence-electron chi connectivity index (χ2n) is 10.5. The highest BCUT2D eigenvalue weighted by Crippen LogP contribution is 2.50. The standard InChI is InChI=1S/C23H33N5O5S2/c1-10(2)12-7-6-11(3)8-14(12)33-27-15(13-9-34-22(24)25-13)18(29)26-16-19(30)28-17(21(31)32)23(4,5)35-20(16)28/h9-12,14,16-17,20H,6-8H2,1-5H3,(H2,24,25)(H,26,29)(H,31,32)/b27-15-/t11-,12+,14+,16+,17-,20+/m0/s1. The first-order valence-electron chi connectivity index (χ1n) is 11.9. The number of carboxylic acid groups (broad SMARTS) is 1. The van der Waals surface area contributed by atoms with Crippen molar-refractivity contribution >= 4 is 51.7 Å². The molecule has 1 aliphatic carbocycles. The number of oxime groups is 1. The van der Waals surface area contributed by atoms with Crippen molar-refractivity contribution in [2.75, 3.05) is 5.73 Å². The van der Waals surface area contributed by atoms with Gasteiger partial charge in [0.05, 0.1) is 0 Å². The molecule has 4 rings (SSSR count). The number of nitrogens with two attached hydrogens (primary N) is 1. The minimum absolute atomic E-state index is 0.0398. The van der Waals surface area contributed by atoms with Crippen LogP contribution in [0.1, 0.15) is 59.6 Å². The van der Waals surface area contributed by atoms with Gasteiger partial charge in [-0.1, -0.05) is 32.3 Å². The normalized spacial score (nSPS) is 32.2. The van der Waals surface area contributed by atoms with Gasteiger partial charge < -0.3 is 25.9 Å². The third kappa shape index (κ3) is 4.87. The molecule has 1 aromatic rings. The van der Waals surface area contributed by atoms with Crippen LogP contribution in [-0.4, -0.2) is 66.8 Å². The van der Waals surface area contributed by atoms with Crippen molar-refractivity contribution in [2.45, 2.75) is 82.2 Å². The smallest absolute Gasteiger partial charge is 0.327 e. The molecule has 192 valence electrons. The van der Waals surface area contributed by atoms with Crippen LogP contribution in [0.4, 0.5) is 5.13 Å². The average molecular weight is 524 g/mol. The molecule has 10 nitrogen and oxygen atoms in total. The lowest BCUT2D eigenvalue weighted by Gasteiger charge is -2.43. The lowest BCUT2D eigenvalue weighted by molar-refractivity contribution is -0.160. The van der Waals surface area contributed by atoms with Crippen molar-refractivity contribution in [3.63, 3.8) is 0 Å². The van der Waals surface area contributed by atoms with E-state index in [1.807, 2.05) is 0 Å². The second kappa shape index (κ2) is 9.61. The Labute approximate surface area is 213 Å². The van der Waals surface area contributed by atoms with Crippen LogP contribution in [0.3, 0.4) is 0 Å². The van der Waals surface area contributed by atoms with Crippen LogP contribution in [-0.2, 0) is 19.2 Å². The number of carbonyl (C=O) groups excluding carboxylic acids is 2. The highest BCUT2D eigenvalue weighted by atomic mass is 32.2. The first-order chi connectivity index (χ1) is 16.4. The third-order valence-corrected chi connectivity index (χ3v) is 9.43. The van der Waals surface area contributed by atoms with E-state index in [0.717, 1.165) is 19.3 Å². The van der Waals surface area contributed by atoms with Gasteiger partial charge in [-0.2, -0.15) is 0 Å². The number of nitrogen functional groups attached to an aromatic ring is 1. The van der Waals surface area contributed by atoms with E-state index in [2.05, 4.69) is 36.2 Å². The number of β-lactam (4-membered cyclic amide) rings is 1. The van der Waals surface area contributed by atoms with Gasteiger partial charge in [-0.15, -0.1) is 23.1 Å². The number of hydrogen-bond donors (Lipinski definition) is 3. The van der Waals surface area contributed by atoms with Crippen molar-refractivity contribution in [1.29, 1.82) is 0 Å². The summed E-state index contributed by atoms with van der Waals surface area (Å²) in [5, 5.41) is 18.1. The molecule has 1 aromatic heterocycles. The number of aromatic nitrogens is 1. The molecule has 0 bridgehead atoms. The zero-order valence-electron chi connectivity index (χ0n) is 20.6. The van der Waals surface area contributed by atoms with Gasteiger partial charge in [0.15, 0.2) is 10.8 Å². The molecule has 3 aliphatic rings. The number of nitrogens with zero attached hydrogens (tertiary/aromatic N) is 3. The first-order valence-corrected chi connectivity index (χ1v) is 13.7. The van der Waals surface area contributed by atoms with Gasteiger partial charge in [-0.05, 0) is 38.5 Å². The average Bonchev–Trinajstić information content (AvgIpc) is 3.30. The van der Waals surface area contributed by atoms with Gasteiger partial charge in [-0.3, -0.25) is 9.59 Å². The molecule has 0 radical (unpaired) electrons. The summed E-state index contributed by atoms with van der Waals surface area (Å²) < 4.78 is -0.682. The summed E-state index contributed by atoms with van der Waals surface area (Å²) in [6, 6.07) is -1.80. The van der Waals surface area contributed by atoms with Crippen LogP contribution in [0.25, 0.3) is 0 Å². The maximum atomic E-state index is 13.3. The van der Waals surface area contributed by atoms with E-state index < -0.39 is 40.0 Å². The lowest BCUT2D eigenvalue weighted by atomic mass is 9.75. The summed E-state index contributed by atoms with van der Waals surface area (Å²) in [6.07, 6.45) is 2.90. The highest BCUT2D eigenvalue weighted by molar-refractivity contribution is 8.01. The molecule has 2 aliphatic heterocycles. The van der Waals surface area contributed by atoms with Gasteiger partial charge in [-0.25, -0.2) is 9.78 Å². The van der Waals surface area contributed by atoms with E-state index in [-0.39, 0.29) is 22.6 Å².